The molecule has 1 heterocycles. The van der Waals surface area contributed by atoms with Crippen LogP contribution in [0.5, 0.6) is 0 Å². The average Bonchev–Trinajstić information content (AvgIpc) is 1.90. The summed E-state index contributed by atoms with van der Waals surface area (Å²) >= 11 is 0. The average molecular weight is 113 g/mol. The summed E-state index contributed by atoms with van der Waals surface area (Å²) in [6.45, 7) is 0. The van der Waals surface area contributed by atoms with Crippen LogP contribution in [0, 0.1) is 0 Å². The molecule has 8 heavy (non-hydrogen) atoms. The van der Waals surface area contributed by atoms with Gasteiger partial charge in [0.15, 0.2) is 12.4 Å². The van der Waals surface area contributed by atoms with E-state index in [1.807, 2.05) is 0 Å². The normalized spacial score (nSPS) is 26.8. The van der Waals surface area contributed by atoms with Crippen molar-refractivity contribution in [1.29, 1.82) is 0 Å². The molecule has 0 aliphatic carbocycles. The van der Waals surface area contributed by atoms with Crippen molar-refractivity contribution >= 4 is 12.5 Å². The number of rotatable bonds is 1. The highest BCUT2D eigenvalue weighted by Gasteiger charge is 2.08. The van der Waals surface area contributed by atoms with Gasteiger partial charge in [-0.05, 0) is 12.8 Å². The molecule has 0 bridgehead atoms. The molecule has 3 heteroatoms. The molecule has 1 aliphatic heterocycles. The third-order valence-electron chi connectivity index (χ3n) is 1.00. The second-order valence-electron chi connectivity index (χ2n) is 1.65. The lowest BCUT2D eigenvalue weighted by atomic mass is 10.2. The van der Waals surface area contributed by atoms with E-state index < -0.39 is 0 Å². The topological polar surface area (TPSA) is 38.7 Å². The Kier molecular flexibility index (Phi) is 1.62. The maximum absolute atomic E-state index is 9.96. The Morgan fingerprint density at radius 3 is 3.12 bits per heavy atom. The monoisotopic (exact) mass is 113 g/mol. The maximum atomic E-state index is 9.96. The van der Waals surface area contributed by atoms with Crippen LogP contribution in [0.15, 0.2) is 5.16 Å². The van der Waals surface area contributed by atoms with E-state index >= 15 is 0 Å². The van der Waals surface area contributed by atoms with Crippen molar-refractivity contribution in [2.45, 2.75) is 18.9 Å². The second kappa shape index (κ2) is 2.45. The maximum Gasteiger partial charge on any atom is 0.182 e. The third-order valence-corrected chi connectivity index (χ3v) is 1.00. The Bertz CT molecular complexity index is 111. The Balaban J connectivity index is 2.37. The minimum absolute atomic E-state index is 0.292. The van der Waals surface area contributed by atoms with E-state index in [0.29, 0.717) is 0 Å². The number of carbonyl (C=O) groups excluding carboxylic acids is 1. The fraction of sp³-hybridized carbons (Fsp3) is 0.600. The van der Waals surface area contributed by atoms with Crippen LogP contribution in [-0.4, -0.2) is 18.6 Å². The fourth-order valence-electron chi connectivity index (χ4n) is 0.558. The van der Waals surface area contributed by atoms with Crippen LogP contribution in [0.3, 0.4) is 0 Å². The van der Waals surface area contributed by atoms with Crippen LogP contribution >= 0.6 is 0 Å². The first-order valence-electron chi connectivity index (χ1n) is 2.56. The molecule has 0 aromatic rings. The van der Waals surface area contributed by atoms with Gasteiger partial charge in [0, 0.05) is 6.21 Å². The summed E-state index contributed by atoms with van der Waals surface area (Å²) in [5.41, 5.74) is 0. The van der Waals surface area contributed by atoms with Crippen molar-refractivity contribution in [2.75, 3.05) is 0 Å². The molecular weight excluding hydrogens is 106 g/mol. The number of hydrogen-bond acceptors (Lipinski definition) is 3. The summed E-state index contributed by atoms with van der Waals surface area (Å²) in [7, 11) is 0. The summed E-state index contributed by atoms with van der Waals surface area (Å²) in [6, 6.07) is 0. The molecule has 0 radical (unpaired) electrons. The van der Waals surface area contributed by atoms with E-state index in [1.54, 1.807) is 6.21 Å². The molecule has 0 saturated carbocycles. The van der Waals surface area contributed by atoms with Gasteiger partial charge in [-0.1, -0.05) is 5.16 Å². The van der Waals surface area contributed by atoms with Crippen LogP contribution in [0.2, 0.25) is 0 Å². The lowest BCUT2D eigenvalue weighted by Crippen LogP contribution is -2.14. The number of carbonyl (C=O) groups is 1. The molecule has 1 atom stereocenters. The van der Waals surface area contributed by atoms with Gasteiger partial charge in [0.1, 0.15) is 0 Å². The summed E-state index contributed by atoms with van der Waals surface area (Å²) in [6.07, 6.45) is 3.77. The molecule has 0 aromatic heterocycles. The van der Waals surface area contributed by atoms with E-state index in [4.69, 9.17) is 0 Å². The Morgan fingerprint density at radius 1 is 1.88 bits per heavy atom. The molecular formula is C5H7NO2. The van der Waals surface area contributed by atoms with Gasteiger partial charge in [0.2, 0.25) is 0 Å². The number of hydrogen-bond donors (Lipinski definition) is 0. The summed E-state index contributed by atoms with van der Waals surface area (Å²) in [4.78, 5) is 14.6. The van der Waals surface area contributed by atoms with E-state index in [2.05, 4.69) is 9.99 Å². The van der Waals surface area contributed by atoms with Crippen LogP contribution in [-0.2, 0) is 9.63 Å². The summed E-state index contributed by atoms with van der Waals surface area (Å²) < 4.78 is 0. The van der Waals surface area contributed by atoms with Gasteiger partial charge in [-0.25, -0.2) is 0 Å². The van der Waals surface area contributed by atoms with E-state index in [-0.39, 0.29) is 6.10 Å². The van der Waals surface area contributed by atoms with E-state index in [9.17, 15) is 4.79 Å². The molecule has 1 aliphatic rings. The lowest BCUT2D eigenvalue weighted by molar-refractivity contribution is -0.118. The standard InChI is InChI=1S/C5H7NO2/c7-4-5-2-1-3-6-8-5/h3-5H,1-2H2. The highest BCUT2D eigenvalue weighted by atomic mass is 16.6. The van der Waals surface area contributed by atoms with Gasteiger partial charge < -0.3 is 4.84 Å². The number of nitrogens with zero attached hydrogens (tertiary/aromatic N) is 1. The summed E-state index contributed by atoms with van der Waals surface area (Å²) in [5, 5.41) is 3.47. The van der Waals surface area contributed by atoms with Crippen LogP contribution in [0.4, 0.5) is 0 Å². The quantitative estimate of drug-likeness (QED) is 0.460. The first-order valence-corrected chi connectivity index (χ1v) is 2.56. The van der Waals surface area contributed by atoms with Crippen LogP contribution in [0.25, 0.3) is 0 Å². The largest absolute Gasteiger partial charge is 0.385 e. The molecule has 0 spiro atoms. The zero-order valence-electron chi connectivity index (χ0n) is 4.41. The first kappa shape index (κ1) is 5.28. The van der Waals surface area contributed by atoms with Gasteiger partial charge >= 0.3 is 0 Å². The Hall–Kier alpha value is -0.860. The third kappa shape index (κ3) is 1.05. The van der Waals surface area contributed by atoms with Crippen molar-refractivity contribution in [3.05, 3.63) is 0 Å². The molecule has 1 rings (SSSR count). The van der Waals surface area contributed by atoms with Gasteiger partial charge in [0.05, 0.1) is 0 Å². The van der Waals surface area contributed by atoms with Gasteiger partial charge in [-0.15, -0.1) is 0 Å². The predicted molar refractivity (Wildman–Crippen MR) is 28.7 cm³/mol. The predicted octanol–water partition coefficient (Wildman–Crippen LogP) is 0.350. The SMILES string of the molecule is O=CC1CCC=NO1. The van der Waals surface area contributed by atoms with Crippen LogP contribution < -0.4 is 0 Å². The molecule has 3 nitrogen and oxygen atoms in total. The first-order chi connectivity index (χ1) is 3.93. The minimum atomic E-state index is -0.292. The van der Waals surface area contributed by atoms with Gasteiger partial charge in [-0.3, -0.25) is 4.79 Å². The van der Waals surface area contributed by atoms with Crippen molar-refractivity contribution < 1.29 is 9.63 Å². The van der Waals surface area contributed by atoms with Crippen molar-refractivity contribution in [3.63, 3.8) is 0 Å². The van der Waals surface area contributed by atoms with Crippen molar-refractivity contribution in [2.24, 2.45) is 5.16 Å². The van der Waals surface area contributed by atoms with E-state index in [1.165, 1.54) is 0 Å². The smallest absolute Gasteiger partial charge is 0.182 e. The molecule has 0 amide bonds. The molecule has 44 valence electrons. The number of oxime groups is 1. The number of aldehydes is 1. The van der Waals surface area contributed by atoms with E-state index in [0.717, 1.165) is 19.1 Å². The van der Waals surface area contributed by atoms with Crippen molar-refractivity contribution in [3.8, 4) is 0 Å². The minimum Gasteiger partial charge on any atom is -0.385 e. The Labute approximate surface area is 47.3 Å². The second-order valence-corrected chi connectivity index (χ2v) is 1.65. The summed E-state index contributed by atoms with van der Waals surface area (Å²) in [5.74, 6) is 0. The van der Waals surface area contributed by atoms with Gasteiger partial charge in [0.25, 0.3) is 0 Å². The zero-order valence-corrected chi connectivity index (χ0v) is 4.41. The molecule has 0 aromatic carbocycles. The highest BCUT2D eigenvalue weighted by molar-refractivity contribution is 5.62. The Morgan fingerprint density at radius 2 is 2.75 bits per heavy atom. The lowest BCUT2D eigenvalue weighted by Gasteiger charge is -2.09. The van der Waals surface area contributed by atoms with Gasteiger partial charge in [-0.2, -0.15) is 0 Å². The molecule has 0 fully saturated rings. The van der Waals surface area contributed by atoms with Crippen molar-refractivity contribution in [1.82, 2.24) is 0 Å². The van der Waals surface area contributed by atoms with Crippen LogP contribution in [0.1, 0.15) is 12.8 Å². The fourth-order valence-corrected chi connectivity index (χ4v) is 0.558. The highest BCUT2D eigenvalue weighted by Crippen LogP contribution is 2.02. The zero-order chi connectivity index (χ0) is 5.82. The molecule has 1 unspecified atom stereocenters. The molecule has 0 N–H and O–H groups in total. The molecule has 0 saturated heterocycles.